The highest BCUT2D eigenvalue weighted by molar-refractivity contribution is 6.32. The highest BCUT2D eigenvalue weighted by Gasteiger charge is 2.54. The molecule has 5 N–H and O–H groups in total. The van der Waals surface area contributed by atoms with Crippen LogP contribution in [0.25, 0.3) is 16.7 Å². The minimum absolute atomic E-state index is 0.00604. The third kappa shape index (κ3) is 10.8. The number of fused-ring (bicyclic) bond motifs is 15. The summed E-state index contributed by atoms with van der Waals surface area (Å²) in [5.74, 6) is -10.4. The van der Waals surface area contributed by atoms with E-state index in [1.165, 1.54) is 66.4 Å². The highest BCUT2D eigenvalue weighted by atomic mass is 19.1. The van der Waals surface area contributed by atoms with Crippen LogP contribution in [0, 0.1) is 36.4 Å². The molecular weight excluding hydrogens is 1070 g/mol. The first-order valence-corrected chi connectivity index (χ1v) is 28.4. The van der Waals surface area contributed by atoms with Crippen molar-refractivity contribution in [3.05, 3.63) is 110 Å². The highest BCUT2D eigenvalue weighted by Crippen LogP contribution is 2.50. The Labute approximate surface area is 481 Å². The number of allylic oxidation sites excluding steroid dienone is 4. The molecule has 1 aromatic heterocycles. The van der Waals surface area contributed by atoms with Crippen molar-refractivity contribution in [1.29, 1.82) is 0 Å². The molecule has 10 rings (SSSR count). The van der Waals surface area contributed by atoms with Crippen molar-refractivity contribution in [2.24, 2.45) is 23.7 Å². The molecule has 3 fully saturated rings. The Kier molecular flexibility index (Phi) is 17.0. The topological polar surface area (TPSA) is 256 Å². The molecule has 1 unspecified atom stereocenters. The van der Waals surface area contributed by atoms with Crippen LogP contribution >= 0.6 is 0 Å². The van der Waals surface area contributed by atoms with Gasteiger partial charge in [-0.3, -0.25) is 33.7 Å². The number of aliphatic hydroxyl groups is 3. The molecule has 21 heteroatoms. The number of aromatic nitrogens is 1. The predicted octanol–water partition coefficient (Wildman–Crippen LogP) is 6.96. The Morgan fingerprint density at radius 1 is 0.892 bits per heavy atom. The van der Waals surface area contributed by atoms with E-state index in [0.717, 1.165) is 12.8 Å². The van der Waals surface area contributed by atoms with Gasteiger partial charge in [0.05, 0.1) is 64.8 Å². The van der Waals surface area contributed by atoms with Crippen LogP contribution in [0.5, 0.6) is 17.2 Å². The summed E-state index contributed by atoms with van der Waals surface area (Å²) < 4.78 is 48.1. The molecule has 2 aromatic carbocycles. The molecule has 83 heavy (non-hydrogen) atoms. The number of nitrogens with one attached hydrogen (secondary N) is 1. The molecular formula is C62H76FN5O15. The van der Waals surface area contributed by atoms with E-state index in [4.69, 9.17) is 23.7 Å². The summed E-state index contributed by atoms with van der Waals surface area (Å²) in [6.07, 6.45) is 8.07. The van der Waals surface area contributed by atoms with Crippen molar-refractivity contribution in [3.63, 3.8) is 0 Å². The molecule has 1 saturated carbocycles. The number of piperidine rings is 1. The zero-order chi connectivity index (χ0) is 60.4. The third-order valence-corrected chi connectivity index (χ3v) is 18.0. The quantitative estimate of drug-likeness (QED) is 0.107. The summed E-state index contributed by atoms with van der Waals surface area (Å²) in [6.45, 7) is 17.2. The fourth-order valence-corrected chi connectivity index (χ4v) is 12.8. The van der Waals surface area contributed by atoms with E-state index in [1.54, 1.807) is 50.9 Å². The number of rotatable bonds is 9. The number of phenolic OH excluding ortho intramolecular Hbond substituents is 1. The van der Waals surface area contributed by atoms with E-state index in [2.05, 4.69) is 16.8 Å². The largest absolute Gasteiger partial charge is 0.508 e. The Balaban J connectivity index is 1.03. The normalized spacial score (nSPS) is 29.8. The number of likely N-dealkylation sites (N-methyl/N-ethyl adjacent to an activating group) is 1. The van der Waals surface area contributed by atoms with Crippen LogP contribution in [0.1, 0.15) is 129 Å². The molecule has 3 aromatic rings. The Bertz CT molecular complexity index is 3370. The van der Waals surface area contributed by atoms with Crippen molar-refractivity contribution in [2.75, 3.05) is 52.3 Å². The van der Waals surface area contributed by atoms with Gasteiger partial charge < -0.3 is 63.8 Å². The van der Waals surface area contributed by atoms with Crippen LogP contribution in [-0.4, -0.2) is 154 Å². The van der Waals surface area contributed by atoms with Crippen molar-refractivity contribution in [1.82, 2.24) is 19.7 Å². The number of hydrogen-bond acceptors (Lipinski definition) is 18. The fraction of sp³-hybridized carbons (Fsp3) is 0.516. The number of aromatic hydroxyl groups is 1. The predicted molar refractivity (Wildman–Crippen MR) is 306 cm³/mol. The SMILES string of the molecule is C=C(O)c1cn(C2CC2)c2c(OC)c(N3CCC(N(C)C4CCN(C5=C6NC(=O)/C(C)=C\C=C\[C@H](C)[C@H](O)[C@@H](C)[C@@H](O)[C@@H](C)[C@H](OC(C)=O)[C@H](C)[C@@H](OC)/C=C/O[C@@]7(C)Oc8c(C)c(O)c(c(c8C7=O)C5=O)C6=O)CC4)C3)c(F)cc2c1=O. The maximum Gasteiger partial charge on any atom is 0.312 e. The van der Waals surface area contributed by atoms with Gasteiger partial charge in [-0.25, -0.2) is 4.39 Å². The standard InChI is InChI=1S/C62H76FN5O15/c1-29-14-13-15-30(2)61(78)64-47-50(66-22-18-37(19-23-66)65(10)39-20-24-67(27-39)49-42(63)26-40-48(59(49)80-12)68(38-16-17-38)28-41(35(7)69)54(40)74)56(76)44-45(55(47)75)53(73)34(6)58-46(44)60(77)62(9,83-58)81-25-21-43(79-11)31(3)57(82-36(8)70)33(5)52(72)32(4)51(29)71/h13-15,21,25-26,28-29,31-33,37-39,43,51-52,57,69,71-73H,7,16-20,22-24,27H2,1-6,8-12H3,(H,64,78)/b14-13+,25-21+,30-15-/t29-,31+,32+,33+,39?,43-,51-,52+,57+,62-/m0/s1. The lowest BCUT2D eigenvalue weighted by molar-refractivity contribution is -0.160. The zero-order valence-corrected chi connectivity index (χ0v) is 48.9. The lowest BCUT2D eigenvalue weighted by atomic mass is 9.78. The second-order valence-electron chi connectivity index (χ2n) is 23.4. The van der Waals surface area contributed by atoms with E-state index >= 15 is 14.0 Å². The van der Waals surface area contributed by atoms with Crippen LogP contribution in [0.4, 0.5) is 10.1 Å². The van der Waals surface area contributed by atoms with Crippen molar-refractivity contribution in [2.45, 2.75) is 136 Å². The summed E-state index contributed by atoms with van der Waals surface area (Å²) in [5.41, 5.74) is -1.60. The second-order valence-corrected chi connectivity index (χ2v) is 23.4. The van der Waals surface area contributed by atoms with Crippen LogP contribution < -0.4 is 25.1 Å². The van der Waals surface area contributed by atoms with Gasteiger partial charge in [-0.15, -0.1) is 0 Å². The molecule has 0 spiro atoms. The van der Waals surface area contributed by atoms with E-state index in [-0.39, 0.29) is 81.7 Å². The minimum atomic E-state index is -2.15. The molecule has 446 valence electrons. The molecule has 1 amide bonds. The summed E-state index contributed by atoms with van der Waals surface area (Å²) in [4.78, 5) is 91.6. The van der Waals surface area contributed by atoms with Gasteiger partial charge in [-0.1, -0.05) is 52.5 Å². The van der Waals surface area contributed by atoms with Crippen LogP contribution in [0.2, 0.25) is 0 Å². The van der Waals surface area contributed by atoms with Crippen LogP contribution in [-0.2, 0) is 23.8 Å². The number of phenols is 1. The molecule has 2 saturated heterocycles. The molecule has 20 nitrogen and oxygen atoms in total. The van der Waals surface area contributed by atoms with E-state index in [1.807, 2.05) is 16.5 Å². The number of methoxy groups -OCH3 is 2. The summed E-state index contributed by atoms with van der Waals surface area (Å²) >= 11 is 0. The van der Waals surface area contributed by atoms with Crippen molar-refractivity contribution >= 4 is 51.6 Å². The number of likely N-dealkylation sites (tertiary alicyclic amines) is 1. The lowest BCUT2D eigenvalue weighted by Gasteiger charge is -2.41. The number of pyridine rings is 1. The van der Waals surface area contributed by atoms with E-state index < -0.39 is 123 Å². The molecule has 2 aliphatic carbocycles. The van der Waals surface area contributed by atoms with Gasteiger partial charge in [0.2, 0.25) is 17.0 Å². The van der Waals surface area contributed by atoms with Crippen molar-refractivity contribution < 1.29 is 72.5 Å². The number of carbonyl (C=O) groups excluding carboxylic acids is 5. The van der Waals surface area contributed by atoms with Gasteiger partial charge in [0, 0.05) is 106 Å². The first kappa shape index (κ1) is 60.3. The van der Waals surface area contributed by atoms with Gasteiger partial charge in [0.15, 0.2) is 11.6 Å². The molecule has 6 heterocycles. The van der Waals surface area contributed by atoms with Crippen LogP contribution in [0.15, 0.2) is 71.2 Å². The molecule has 7 aliphatic rings. The number of ether oxygens (including phenoxy) is 5. The number of hydrogen-bond donors (Lipinski definition) is 5. The number of anilines is 1. The number of aliphatic hydroxyl groups excluding tert-OH is 3. The number of Topliss-reactive ketones (excluding diaryl/α,β-unsaturated/α-hetero) is 3. The molecule has 5 bridgehead atoms. The molecule has 5 aliphatic heterocycles. The number of esters is 1. The van der Waals surface area contributed by atoms with Gasteiger partial charge in [-0.05, 0) is 65.1 Å². The number of nitrogens with zero attached hydrogens (tertiary/aromatic N) is 4. The van der Waals surface area contributed by atoms with Gasteiger partial charge in [-0.2, -0.15) is 0 Å². The summed E-state index contributed by atoms with van der Waals surface area (Å²) in [7, 11) is 4.85. The Morgan fingerprint density at radius 2 is 1.55 bits per heavy atom. The molecule has 0 radical (unpaired) electrons. The Hall–Kier alpha value is -7.33. The van der Waals surface area contributed by atoms with Crippen molar-refractivity contribution in [3.8, 4) is 17.2 Å². The first-order chi connectivity index (χ1) is 39.3. The maximum atomic E-state index is 16.4. The number of benzene rings is 2. The monoisotopic (exact) mass is 1150 g/mol. The van der Waals surface area contributed by atoms with E-state index in [0.29, 0.717) is 37.9 Å². The summed E-state index contributed by atoms with van der Waals surface area (Å²) in [5, 5.41) is 48.1. The first-order valence-electron chi connectivity index (χ1n) is 28.4. The fourth-order valence-electron chi connectivity index (χ4n) is 12.8. The second kappa shape index (κ2) is 23.4. The summed E-state index contributed by atoms with van der Waals surface area (Å²) in [6, 6.07) is 1.10. The molecule has 10 atom stereocenters. The zero-order valence-electron chi connectivity index (χ0n) is 48.9. The third-order valence-electron chi connectivity index (χ3n) is 18.0. The minimum Gasteiger partial charge on any atom is -0.508 e. The van der Waals surface area contributed by atoms with Gasteiger partial charge in [0.25, 0.3) is 11.7 Å². The number of carbonyl (C=O) groups is 5. The number of halogens is 1. The average Bonchev–Trinajstić information content (AvgIpc) is 1.96. The maximum absolute atomic E-state index is 16.4. The number of amides is 1. The van der Waals surface area contributed by atoms with Gasteiger partial charge in [0.1, 0.15) is 40.4 Å². The average molecular weight is 1150 g/mol. The Morgan fingerprint density at radius 3 is 2.18 bits per heavy atom. The van der Waals surface area contributed by atoms with Crippen LogP contribution in [0.3, 0.4) is 0 Å². The number of ketones is 3. The van der Waals surface area contributed by atoms with Gasteiger partial charge >= 0.3 is 11.8 Å². The van der Waals surface area contributed by atoms with E-state index in [9.17, 15) is 39.6 Å². The lowest BCUT2D eigenvalue weighted by Crippen LogP contribution is -2.50. The smallest absolute Gasteiger partial charge is 0.312 e.